The molecular formula is C14H24N2O3. The third-order valence-corrected chi connectivity index (χ3v) is 2.84. The van der Waals surface area contributed by atoms with Crippen LogP contribution < -0.4 is 10.6 Å². The monoisotopic (exact) mass is 268 g/mol. The van der Waals surface area contributed by atoms with Crippen LogP contribution in [0.4, 0.5) is 0 Å². The van der Waals surface area contributed by atoms with Gasteiger partial charge in [-0.2, -0.15) is 0 Å². The molecule has 5 nitrogen and oxygen atoms in total. The molecule has 0 saturated carbocycles. The van der Waals surface area contributed by atoms with Crippen molar-refractivity contribution in [3.63, 3.8) is 0 Å². The lowest BCUT2D eigenvalue weighted by molar-refractivity contribution is -0.121. The molecule has 0 aliphatic heterocycles. The summed E-state index contributed by atoms with van der Waals surface area (Å²) >= 11 is 0. The van der Waals surface area contributed by atoms with Gasteiger partial charge in [-0.1, -0.05) is 0 Å². The topological polar surface area (TPSA) is 63.5 Å². The smallest absolute Gasteiger partial charge is 0.234 e. The first-order valence-corrected chi connectivity index (χ1v) is 6.66. The summed E-state index contributed by atoms with van der Waals surface area (Å²) in [6, 6.07) is 4.16. The van der Waals surface area contributed by atoms with Gasteiger partial charge in [0.05, 0.1) is 19.4 Å². The van der Waals surface area contributed by atoms with Gasteiger partial charge >= 0.3 is 0 Å². The van der Waals surface area contributed by atoms with Gasteiger partial charge in [-0.25, -0.2) is 0 Å². The van der Waals surface area contributed by atoms with Crippen molar-refractivity contribution in [3.8, 4) is 0 Å². The Labute approximate surface area is 114 Å². The van der Waals surface area contributed by atoms with Crippen LogP contribution in [0.5, 0.6) is 0 Å². The van der Waals surface area contributed by atoms with Crippen molar-refractivity contribution >= 4 is 5.91 Å². The zero-order valence-electron chi connectivity index (χ0n) is 11.9. The zero-order chi connectivity index (χ0) is 14.1. The molecule has 1 rings (SSSR count). The third-order valence-electron chi connectivity index (χ3n) is 2.84. The molecule has 0 fully saturated rings. The second-order valence-corrected chi connectivity index (χ2v) is 4.82. The summed E-state index contributed by atoms with van der Waals surface area (Å²) in [6.45, 7) is 4.84. The molecule has 0 aliphatic rings. The molecule has 1 aromatic rings. The first-order chi connectivity index (χ1) is 9.11. The lowest BCUT2D eigenvalue weighted by Crippen LogP contribution is -2.43. The van der Waals surface area contributed by atoms with Crippen molar-refractivity contribution in [2.24, 2.45) is 0 Å². The van der Waals surface area contributed by atoms with Gasteiger partial charge in [-0.3, -0.25) is 4.79 Å². The maximum absolute atomic E-state index is 11.6. The van der Waals surface area contributed by atoms with Gasteiger partial charge in [0, 0.05) is 25.6 Å². The highest BCUT2D eigenvalue weighted by molar-refractivity contribution is 5.78. The highest BCUT2D eigenvalue weighted by Gasteiger charge is 2.09. The summed E-state index contributed by atoms with van der Waals surface area (Å²) in [6.07, 6.45) is 3.50. The van der Waals surface area contributed by atoms with Gasteiger partial charge in [0.1, 0.15) is 5.76 Å². The van der Waals surface area contributed by atoms with Gasteiger partial charge in [0.15, 0.2) is 0 Å². The third kappa shape index (κ3) is 6.98. The second kappa shape index (κ2) is 8.72. The summed E-state index contributed by atoms with van der Waals surface area (Å²) in [5.41, 5.74) is 0. The number of nitrogens with one attached hydrogen (secondary N) is 2. The van der Waals surface area contributed by atoms with Crippen LogP contribution in [-0.2, 0) is 16.0 Å². The fourth-order valence-corrected chi connectivity index (χ4v) is 1.80. The normalized spacial score (nSPS) is 14.1. The van der Waals surface area contributed by atoms with Gasteiger partial charge < -0.3 is 19.8 Å². The molecule has 2 atom stereocenters. The number of hydrogen-bond acceptors (Lipinski definition) is 4. The number of carbonyl (C=O) groups excluding carboxylic acids is 1. The average molecular weight is 268 g/mol. The average Bonchev–Trinajstić information content (AvgIpc) is 2.87. The molecule has 1 amide bonds. The van der Waals surface area contributed by atoms with Crippen molar-refractivity contribution in [1.82, 2.24) is 10.6 Å². The minimum absolute atomic E-state index is 0.00519. The van der Waals surface area contributed by atoms with Gasteiger partial charge in [0.2, 0.25) is 5.91 Å². The number of carbonyl (C=O) groups is 1. The second-order valence-electron chi connectivity index (χ2n) is 4.82. The highest BCUT2D eigenvalue weighted by Crippen LogP contribution is 2.05. The molecular weight excluding hydrogens is 244 g/mol. The van der Waals surface area contributed by atoms with Gasteiger partial charge in [-0.05, 0) is 32.4 Å². The van der Waals surface area contributed by atoms with E-state index in [4.69, 9.17) is 9.15 Å². The van der Waals surface area contributed by atoms with E-state index in [0.29, 0.717) is 13.2 Å². The standard InChI is InChI=1S/C14H24N2O3/c1-11(6-7-13-5-4-8-19-13)15-9-14(17)16-12(2)10-18-3/h4-5,8,11-12,15H,6-7,9-10H2,1-3H3,(H,16,17). The number of ether oxygens (including phenoxy) is 1. The molecule has 0 bridgehead atoms. The molecule has 2 N–H and O–H groups in total. The lowest BCUT2D eigenvalue weighted by Gasteiger charge is -2.16. The molecule has 0 radical (unpaired) electrons. The Hall–Kier alpha value is -1.33. The SMILES string of the molecule is COCC(C)NC(=O)CNC(C)CCc1ccco1. The molecule has 0 aliphatic carbocycles. The van der Waals surface area contributed by atoms with Crippen molar-refractivity contribution in [1.29, 1.82) is 0 Å². The van der Waals surface area contributed by atoms with Crippen molar-refractivity contribution in [3.05, 3.63) is 24.2 Å². The Balaban J connectivity index is 2.11. The van der Waals surface area contributed by atoms with E-state index in [-0.39, 0.29) is 18.0 Å². The number of hydrogen-bond donors (Lipinski definition) is 2. The molecule has 1 heterocycles. The molecule has 2 unspecified atom stereocenters. The Bertz CT molecular complexity index is 352. The number of rotatable bonds is 9. The lowest BCUT2D eigenvalue weighted by atomic mass is 10.1. The predicted octanol–water partition coefficient (Wildman–Crippen LogP) is 1.34. The Morgan fingerprint density at radius 2 is 2.21 bits per heavy atom. The maximum Gasteiger partial charge on any atom is 0.234 e. The molecule has 0 spiro atoms. The minimum Gasteiger partial charge on any atom is -0.469 e. The number of methoxy groups -OCH3 is 1. The van der Waals surface area contributed by atoms with E-state index in [1.165, 1.54) is 0 Å². The highest BCUT2D eigenvalue weighted by atomic mass is 16.5. The zero-order valence-corrected chi connectivity index (χ0v) is 11.9. The first kappa shape index (κ1) is 15.7. The number of furan rings is 1. The van der Waals surface area contributed by atoms with Crippen molar-refractivity contribution in [2.45, 2.75) is 38.8 Å². The summed E-state index contributed by atoms with van der Waals surface area (Å²) in [4.78, 5) is 11.6. The van der Waals surface area contributed by atoms with Crippen LogP contribution in [0.1, 0.15) is 26.0 Å². The molecule has 19 heavy (non-hydrogen) atoms. The van der Waals surface area contributed by atoms with Crippen molar-refractivity contribution < 1.29 is 13.9 Å². The van der Waals surface area contributed by atoms with E-state index in [2.05, 4.69) is 17.6 Å². The van der Waals surface area contributed by atoms with E-state index in [1.807, 2.05) is 19.1 Å². The maximum atomic E-state index is 11.6. The molecule has 1 aromatic heterocycles. The Morgan fingerprint density at radius 1 is 1.42 bits per heavy atom. The largest absolute Gasteiger partial charge is 0.469 e. The fraction of sp³-hybridized carbons (Fsp3) is 0.643. The van der Waals surface area contributed by atoms with Crippen LogP contribution in [0.15, 0.2) is 22.8 Å². The molecule has 0 aromatic carbocycles. The summed E-state index contributed by atoms with van der Waals surface area (Å²) in [7, 11) is 1.62. The number of amides is 1. The predicted molar refractivity (Wildman–Crippen MR) is 74.0 cm³/mol. The van der Waals surface area contributed by atoms with E-state index in [9.17, 15) is 4.79 Å². The van der Waals surface area contributed by atoms with Crippen LogP contribution >= 0.6 is 0 Å². The van der Waals surface area contributed by atoms with E-state index in [0.717, 1.165) is 18.6 Å². The van der Waals surface area contributed by atoms with Crippen LogP contribution in [0, 0.1) is 0 Å². The molecule has 0 saturated heterocycles. The summed E-state index contributed by atoms with van der Waals surface area (Å²) < 4.78 is 10.2. The van der Waals surface area contributed by atoms with Crippen LogP contribution in [0.3, 0.4) is 0 Å². The Kier molecular flexibility index (Phi) is 7.22. The Morgan fingerprint density at radius 3 is 2.84 bits per heavy atom. The summed E-state index contributed by atoms with van der Waals surface area (Å²) in [5, 5.41) is 6.06. The van der Waals surface area contributed by atoms with E-state index in [1.54, 1.807) is 13.4 Å². The minimum atomic E-state index is -0.00519. The first-order valence-electron chi connectivity index (χ1n) is 6.66. The quantitative estimate of drug-likeness (QED) is 0.709. The van der Waals surface area contributed by atoms with Gasteiger partial charge in [-0.15, -0.1) is 0 Å². The molecule has 5 heteroatoms. The molecule has 108 valence electrons. The van der Waals surface area contributed by atoms with Crippen molar-refractivity contribution in [2.75, 3.05) is 20.3 Å². The fourth-order valence-electron chi connectivity index (χ4n) is 1.80. The number of aryl methyl sites for hydroxylation is 1. The van der Waals surface area contributed by atoms with E-state index < -0.39 is 0 Å². The van der Waals surface area contributed by atoms with Crippen LogP contribution in [0.25, 0.3) is 0 Å². The van der Waals surface area contributed by atoms with E-state index >= 15 is 0 Å². The van der Waals surface area contributed by atoms with Gasteiger partial charge in [0.25, 0.3) is 0 Å². The summed E-state index contributed by atoms with van der Waals surface area (Å²) in [5.74, 6) is 0.973. The van der Waals surface area contributed by atoms with Crippen LogP contribution in [0.2, 0.25) is 0 Å². The van der Waals surface area contributed by atoms with Crippen LogP contribution in [-0.4, -0.2) is 38.3 Å².